The Morgan fingerprint density at radius 2 is 2.03 bits per heavy atom. The van der Waals surface area contributed by atoms with Crippen molar-refractivity contribution in [2.24, 2.45) is 5.73 Å². The Kier molecular flexibility index (Phi) is 6.72. The van der Waals surface area contributed by atoms with Gasteiger partial charge in [0.15, 0.2) is 5.16 Å². The third-order valence-corrected chi connectivity index (χ3v) is 7.05. The normalized spacial score (nSPS) is 14.4. The van der Waals surface area contributed by atoms with Crippen LogP contribution in [0.4, 0.5) is 0 Å². The van der Waals surface area contributed by atoms with E-state index in [1.165, 1.54) is 17.3 Å². The Balaban J connectivity index is 1.44. The molecule has 1 aromatic carbocycles. The summed E-state index contributed by atoms with van der Waals surface area (Å²) in [6.07, 6.45) is 2.39. The molecule has 2 heterocycles. The van der Waals surface area contributed by atoms with Crippen molar-refractivity contribution in [2.75, 3.05) is 5.75 Å². The van der Waals surface area contributed by atoms with Crippen LogP contribution in [-0.2, 0) is 16.1 Å². The summed E-state index contributed by atoms with van der Waals surface area (Å²) in [6, 6.07) is 12.0. The first-order valence-electron chi connectivity index (χ1n) is 10.2. The van der Waals surface area contributed by atoms with Crippen LogP contribution < -0.4 is 11.1 Å². The second kappa shape index (κ2) is 9.65. The van der Waals surface area contributed by atoms with Gasteiger partial charge in [0.25, 0.3) is 0 Å². The molecular weight excluding hydrogens is 430 g/mol. The Labute approximate surface area is 189 Å². The highest BCUT2D eigenvalue weighted by atomic mass is 32.2. The van der Waals surface area contributed by atoms with Crippen molar-refractivity contribution in [1.82, 2.24) is 20.1 Å². The molecular formula is C22H25N5O2S2. The van der Waals surface area contributed by atoms with Crippen LogP contribution in [0, 0.1) is 6.92 Å². The van der Waals surface area contributed by atoms with E-state index in [2.05, 4.69) is 39.8 Å². The Morgan fingerprint density at radius 1 is 1.26 bits per heavy atom. The number of hydrogen-bond donors (Lipinski definition) is 2. The average molecular weight is 456 g/mol. The standard InChI is InChI=1S/C22H25N5O2S2/c1-14-4-6-15(7-5-14)20(17-3-2-12-30-17)24-19(29)13-31-22-26-25-21(16-8-9-16)27(22)11-10-18(23)28/h2-7,12,16,20H,8-11,13H2,1H3,(H2,23,28)(H,24,29). The lowest BCUT2D eigenvalue weighted by Crippen LogP contribution is -2.30. The molecule has 7 nitrogen and oxygen atoms in total. The fourth-order valence-corrected chi connectivity index (χ4v) is 4.93. The fourth-order valence-electron chi connectivity index (χ4n) is 3.35. The Morgan fingerprint density at radius 3 is 2.68 bits per heavy atom. The number of nitrogens with zero attached hydrogens (tertiary/aromatic N) is 3. The third kappa shape index (κ3) is 5.54. The molecule has 1 unspecified atom stereocenters. The molecule has 3 aromatic rings. The number of hydrogen-bond acceptors (Lipinski definition) is 6. The van der Waals surface area contributed by atoms with Crippen molar-refractivity contribution in [1.29, 1.82) is 0 Å². The lowest BCUT2D eigenvalue weighted by atomic mass is 10.0. The first-order chi connectivity index (χ1) is 15.0. The number of primary amides is 1. The van der Waals surface area contributed by atoms with Gasteiger partial charge in [0.1, 0.15) is 5.82 Å². The Bertz CT molecular complexity index is 1040. The van der Waals surface area contributed by atoms with E-state index >= 15 is 0 Å². The number of thiophene rings is 1. The number of thioether (sulfide) groups is 1. The molecule has 0 aliphatic heterocycles. The highest BCUT2D eigenvalue weighted by Crippen LogP contribution is 2.40. The maximum atomic E-state index is 12.8. The molecule has 0 spiro atoms. The SMILES string of the molecule is Cc1ccc(C(NC(=O)CSc2nnc(C3CC3)n2CCC(N)=O)c2cccs2)cc1. The summed E-state index contributed by atoms with van der Waals surface area (Å²) in [5.74, 6) is 1.06. The minimum absolute atomic E-state index is 0.0820. The fraction of sp³-hybridized carbons (Fsp3) is 0.364. The van der Waals surface area contributed by atoms with Crippen LogP contribution in [0.25, 0.3) is 0 Å². The number of aryl methyl sites for hydroxylation is 1. The van der Waals surface area contributed by atoms with Gasteiger partial charge in [-0.05, 0) is 36.8 Å². The van der Waals surface area contributed by atoms with E-state index < -0.39 is 0 Å². The first-order valence-corrected chi connectivity index (χ1v) is 12.1. The molecule has 2 aromatic heterocycles. The smallest absolute Gasteiger partial charge is 0.231 e. The topological polar surface area (TPSA) is 103 Å². The van der Waals surface area contributed by atoms with Crippen molar-refractivity contribution in [3.8, 4) is 0 Å². The summed E-state index contributed by atoms with van der Waals surface area (Å²) in [6.45, 7) is 2.49. The summed E-state index contributed by atoms with van der Waals surface area (Å²) in [7, 11) is 0. The number of amides is 2. The predicted octanol–water partition coefficient (Wildman–Crippen LogP) is 3.40. The molecule has 0 radical (unpaired) electrons. The van der Waals surface area contributed by atoms with Gasteiger partial charge in [-0.25, -0.2) is 0 Å². The van der Waals surface area contributed by atoms with Gasteiger partial charge in [0.2, 0.25) is 11.8 Å². The van der Waals surface area contributed by atoms with Crippen molar-refractivity contribution in [3.63, 3.8) is 0 Å². The lowest BCUT2D eigenvalue weighted by molar-refractivity contribution is -0.119. The number of nitrogens with one attached hydrogen (secondary N) is 1. The summed E-state index contributed by atoms with van der Waals surface area (Å²) in [5.41, 5.74) is 7.55. The molecule has 0 bridgehead atoms. The molecule has 1 aliphatic rings. The molecule has 31 heavy (non-hydrogen) atoms. The van der Waals surface area contributed by atoms with Gasteiger partial charge in [0.05, 0.1) is 11.8 Å². The summed E-state index contributed by atoms with van der Waals surface area (Å²) in [5, 5.41) is 14.4. The number of nitrogens with two attached hydrogens (primary N) is 1. The highest BCUT2D eigenvalue weighted by Gasteiger charge is 2.30. The largest absolute Gasteiger partial charge is 0.370 e. The van der Waals surface area contributed by atoms with Crippen LogP contribution in [0.2, 0.25) is 0 Å². The van der Waals surface area contributed by atoms with Crippen molar-refractivity contribution >= 4 is 34.9 Å². The number of rotatable bonds is 10. The molecule has 1 saturated carbocycles. The zero-order valence-corrected chi connectivity index (χ0v) is 18.9. The number of aromatic nitrogens is 3. The number of benzene rings is 1. The lowest BCUT2D eigenvalue weighted by Gasteiger charge is -2.18. The third-order valence-electron chi connectivity index (χ3n) is 5.15. The molecule has 3 N–H and O–H groups in total. The van der Waals surface area contributed by atoms with Crippen molar-refractivity contribution in [2.45, 2.75) is 49.8 Å². The summed E-state index contributed by atoms with van der Waals surface area (Å²) >= 11 is 2.96. The Hall–Kier alpha value is -2.65. The van der Waals surface area contributed by atoms with Crippen LogP contribution in [0.1, 0.15) is 53.1 Å². The second-order valence-electron chi connectivity index (χ2n) is 7.70. The van der Waals surface area contributed by atoms with Gasteiger partial charge in [-0.1, -0.05) is 47.7 Å². The molecule has 162 valence electrons. The number of carbonyl (C=O) groups is 2. The molecule has 2 amide bonds. The minimum atomic E-state index is -0.360. The van der Waals surface area contributed by atoms with Crippen molar-refractivity contribution in [3.05, 3.63) is 63.6 Å². The van der Waals surface area contributed by atoms with E-state index in [4.69, 9.17) is 5.73 Å². The average Bonchev–Trinajstić information content (AvgIpc) is 3.29. The highest BCUT2D eigenvalue weighted by molar-refractivity contribution is 7.99. The maximum absolute atomic E-state index is 12.8. The maximum Gasteiger partial charge on any atom is 0.231 e. The molecule has 9 heteroatoms. The van der Waals surface area contributed by atoms with Crippen LogP contribution in [0.15, 0.2) is 46.9 Å². The monoisotopic (exact) mass is 455 g/mol. The van der Waals surface area contributed by atoms with Gasteiger partial charge in [-0.3, -0.25) is 9.59 Å². The van der Waals surface area contributed by atoms with E-state index in [0.29, 0.717) is 17.6 Å². The van der Waals surface area contributed by atoms with Gasteiger partial charge in [-0.2, -0.15) is 0 Å². The van der Waals surface area contributed by atoms with Gasteiger partial charge in [0, 0.05) is 23.8 Å². The molecule has 1 fully saturated rings. The van der Waals surface area contributed by atoms with E-state index in [0.717, 1.165) is 29.1 Å². The first kappa shape index (κ1) is 21.6. The molecule has 1 atom stereocenters. The van der Waals surface area contributed by atoms with E-state index in [1.54, 1.807) is 11.3 Å². The zero-order chi connectivity index (χ0) is 21.8. The van der Waals surface area contributed by atoms with E-state index in [-0.39, 0.29) is 30.0 Å². The van der Waals surface area contributed by atoms with Crippen LogP contribution >= 0.6 is 23.1 Å². The molecule has 0 saturated heterocycles. The van der Waals surface area contributed by atoms with E-state index in [1.807, 2.05) is 29.0 Å². The van der Waals surface area contributed by atoms with Gasteiger partial charge >= 0.3 is 0 Å². The van der Waals surface area contributed by atoms with Gasteiger partial charge < -0.3 is 15.6 Å². The van der Waals surface area contributed by atoms with Gasteiger partial charge in [-0.15, -0.1) is 21.5 Å². The zero-order valence-electron chi connectivity index (χ0n) is 17.3. The minimum Gasteiger partial charge on any atom is -0.370 e. The summed E-state index contributed by atoms with van der Waals surface area (Å²) < 4.78 is 1.94. The van der Waals surface area contributed by atoms with Crippen molar-refractivity contribution < 1.29 is 9.59 Å². The van der Waals surface area contributed by atoms with E-state index in [9.17, 15) is 9.59 Å². The van der Waals surface area contributed by atoms with Crippen LogP contribution in [0.3, 0.4) is 0 Å². The second-order valence-corrected chi connectivity index (χ2v) is 9.62. The van der Waals surface area contributed by atoms with Crippen LogP contribution in [0.5, 0.6) is 0 Å². The predicted molar refractivity (Wildman–Crippen MR) is 122 cm³/mol. The quantitative estimate of drug-likeness (QED) is 0.456. The summed E-state index contributed by atoms with van der Waals surface area (Å²) in [4.78, 5) is 25.2. The van der Waals surface area contributed by atoms with Crippen LogP contribution in [-0.4, -0.2) is 32.3 Å². The number of carbonyl (C=O) groups excluding carboxylic acids is 2. The molecule has 4 rings (SSSR count). The molecule has 1 aliphatic carbocycles.